The van der Waals surface area contributed by atoms with Gasteiger partial charge in [0.05, 0.1) is 11.0 Å². The molecule has 0 amide bonds. The van der Waals surface area contributed by atoms with Crippen molar-refractivity contribution in [3.63, 3.8) is 0 Å². The van der Waals surface area contributed by atoms with Gasteiger partial charge in [-0.25, -0.2) is 4.98 Å². The van der Waals surface area contributed by atoms with Gasteiger partial charge in [0.1, 0.15) is 0 Å². The van der Waals surface area contributed by atoms with Crippen LogP contribution in [0.5, 0.6) is 0 Å². The van der Waals surface area contributed by atoms with Gasteiger partial charge in [0.15, 0.2) is 0 Å². The third kappa shape index (κ3) is 2.85. The van der Waals surface area contributed by atoms with Crippen LogP contribution in [0.25, 0.3) is 11.0 Å². The third-order valence-electron chi connectivity index (χ3n) is 3.25. The van der Waals surface area contributed by atoms with Crippen LogP contribution < -0.4 is 4.90 Å². The molecule has 1 aromatic heterocycles. The number of hydrogen-bond donors (Lipinski definition) is 1. The number of anilines is 1. The Kier molecular flexibility index (Phi) is 4.02. The fraction of sp³-hybridized carbons (Fsp3) is 0.188. The molecule has 3 rings (SSSR count). The number of aromatic nitrogens is 2. The fourth-order valence-electron chi connectivity index (χ4n) is 2.25. The van der Waals surface area contributed by atoms with E-state index < -0.39 is 0 Å². The Morgan fingerprint density at radius 2 is 1.75 bits per heavy atom. The number of halogens is 1. The number of benzene rings is 2. The molecule has 2 aromatic carbocycles. The first-order valence-electron chi connectivity index (χ1n) is 6.66. The zero-order valence-corrected chi connectivity index (χ0v) is 12.7. The van der Waals surface area contributed by atoms with Crippen LogP contribution in [0.1, 0.15) is 5.56 Å². The minimum atomic E-state index is 0.853. The molecule has 0 fully saturated rings. The summed E-state index contributed by atoms with van der Waals surface area (Å²) in [6.45, 7) is 1.76. The Labute approximate surface area is 126 Å². The van der Waals surface area contributed by atoms with E-state index in [1.165, 1.54) is 5.56 Å². The minimum Gasteiger partial charge on any atom is -0.337 e. The van der Waals surface area contributed by atoms with Crippen LogP contribution in [-0.4, -0.2) is 21.8 Å². The number of nitrogens with zero attached hydrogens (tertiary/aromatic N) is 2. The average Bonchev–Trinajstić information content (AvgIpc) is 2.92. The molecule has 1 N–H and O–H groups in total. The van der Waals surface area contributed by atoms with E-state index in [4.69, 9.17) is 0 Å². The summed E-state index contributed by atoms with van der Waals surface area (Å²) in [6.07, 6.45) is 0. The van der Waals surface area contributed by atoms with E-state index in [0.717, 1.165) is 35.4 Å². The van der Waals surface area contributed by atoms with Gasteiger partial charge < -0.3 is 9.88 Å². The normalized spacial score (nSPS) is 10.8. The molecule has 0 radical (unpaired) electrons. The highest BCUT2D eigenvalue weighted by molar-refractivity contribution is 9.09. The van der Waals surface area contributed by atoms with Gasteiger partial charge in [0, 0.05) is 18.4 Å². The lowest BCUT2D eigenvalue weighted by Crippen LogP contribution is -2.25. The quantitative estimate of drug-likeness (QED) is 0.718. The molecule has 0 saturated heterocycles. The number of alkyl halides is 1. The highest BCUT2D eigenvalue weighted by Gasteiger charge is 2.11. The summed E-state index contributed by atoms with van der Waals surface area (Å²) in [6, 6.07) is 18.6. The number of hydrogen-bond acceptors (Lipinski definition) is 2. The number of aromatic amines is 1. The van der Waals surface area contributed by atoms with Crippen molar-refractivity contribution in [1.82, 2.24) is 9.97 Å². The molecule has 0 aliphatic rings. The second-order valence-corrected chi connectivity index (χ2v) is 5.47. The van der Waals surface area contributed by atoms with Gasteiger partial charge >= 0.3 is 0 Å². The maximum atomic E-state index is 4.68. The smallest absolute Gasteiger partial charge is 0.204 e. The van der Waals surface area contributed by atoms with E-state index in [1.54, 1.807) is 0 Å². The lowest BCUT2D eigenvalue weighted by molar-refractivity contribution is 0.810. The van der Waals surface area contributed by atoms with Gasteiger partial charge in [0.25, 0.3) is 0 Å². The van der Waals surface area contributed by atoms with Crippen molar-refractivity contribution >= 4 is 32.9 Å². The van der Waals surface area contributed by atoms with Crippen LogP contribution >= 0.6 is 15.9 Å². The van der Waals surface area contributed by atoms with Crippen molar-refractivity contribution in [3.05, 3.63) is 60.2 Å². The molecule has 102 valence electrons. The first-order valence-corrected chi connectivity index (χ1v) is 7.78. The van der Waals surface area contributed by atoms with E-state index in [-0.39, 0.29) is 0 Å². The molecule has 3 nitrogen and oxygen atoms in total. The summed E-state index contributed by atoms with van der Waals surface area (Å²) in [5.74, 6) is 0.925. The predicted molar refractivity (Wildman–Crippen MR) is 87.4 cm³/mol. The minimum absolute atomic E-state index is 0.853. The Balaban J connectivity index is 1.89. The van der Waals surface area contributed by atoms with E-state index >= 15 is 0 Å². The second-order valence-electron chi connectivity index (χ2n) is 4.67. The van der Waals surface area contributed by atoms with Gasteiger partial charge in [-0.05, 0) is 17.7 Å². The molecule has 0 bridgehead atoms. The number of nitrogens with one attached hydrogen (secondary N) is 1. The van der Waals surface area contributed by atoms with Crippen molar-refractivity contribution in [2.45, 2.75) is 6.54 Å². The molecule has 0 atom stereocenters. The molecule has 20 heavy (non-hydrogen) atoms. The Bertz CT molecular complexity index is 645. The number of para-hydroxylation sites is 2. The van der Waals surface area contributed by atoms with Crippen molar-refractivity contribution in [2.24, 2.45) is 0 Å². The highest BCUT2D eigenvalue weighted by atomic mass is 79.9. The van der Waals surface area contributed by atoms with Crippen LogP contribution in [0.3, 0.4) is 0 Å². The van der Waals surface area contributed by atoms with Crippen LogP contribution in [0.15, 0.2) is 54.6 Å². The molecule has 0 unspecified atom stereocenters. The van der Waals surface area contributed by atoms with E-state index in [2.05, 4.69) is 61.1 Å². The van der Waals surface area contributed by atoms with Crippen LogP contribution in [-0.2, 0) is 6.54 Å². The molecule has 1 heterocycles. The van der Waals surface area contributed by atoms with Gasteiger partial charge in [-0.1, -0.05) is 58.4 Å². The second kappa shape index (κ2) is 6.09. The van der Waals surface area contributed by atoms with Crippen LogP contribution in [0, 0.1) is 0 Å². The molecule has 0 spiro atoms. The maximum Gasteiger partial charge on any atom is 0.204 e. The van der Waals surface area contributed by atoms with Crippen LogP contribution in [0.2, 0.25) is 0 Å². The van der Waals surface area contributed by atoms with Gasteiger partial charge in [-0.15, -0.1) is 0 Å². The topological polar surface area (TPSA) is 31.9 Å². The molecule has 0 aliphatic heterocycles. The highest BCUT2D eigenvalue weighted by Crippen LogP contribution is 2.19. The number of fused-ring (bicyclic) bond motifs is 1. The Hall–Kier alpha value is -1.81. The fourth-order valence-corrected chi connectivity index (χ4v) is 2.68. The number of H-pyrrole nitrogens is 1. The van der Waals surface area contributed by atoms with Crippen molar-refractivity contribution in [1.29, 1.82) is 0 Å². The molecular weight excluding hydrogens is 314 g/mol. The monoisotopic (exact) mass is 329 g/mol. The van der Waals surface area contributed by atoms with Crippen molar-refractivity contribution in [3.8, 4) is 0 Å². The van der Waals surface area contributed by atoms with Crippen molar-refractivity contribution in [2.75, 3.05) is 16.8 Å². The van der Waals surface area contributed by atoms with E-state index in [1.807, 2.05) is 24.3 Å². The summed E-state index contributed by atoms with van der Waals surface area (Å²) in [5.41, 5.74) is 3.37. The third-order valence-corrected chi connectivity index (χ3v) is 3.60. The summed E-state index contributed by atoms with van der Waals surface area (Å²) in [7, 11) is 0. The maximum absolute atomic E-state index is 4.68. The van der Waals surface area contributed by atoms with Crippen LogP contribution in [0.4, 0.5) is 5.95 Å². The first kappa shape index (κ1) is 13.2. The van der Waals surface area contributed by atoms with Gasteiger partial charge in [0.2, 0.25) is 5.95 Å². The largest absolute Gasteiger partial charge is 0.337 e. The zero-order valence-electron chi connectivity index (χ0n) is 11.1. The molecule has 0 saturated carbocycles. The zero-order chi connectivity index (χ0) is 13.8. The van der Waals surface area contributed by atoms with Gasteiger partial charge in [-0.3, -0.25) is 0 Å². The number of imidazole rings is 1. The summed E-state index contributed by atoms with van der Waals surface area (Å²) < 4.78 is 0. The van der Waals surface area contributed by atoms with Gasteiger partial charge in [-0.2, -0.15) is 0 Å². The number of rotatable bonds is 5. The predicted octanol–water partition coefficient (Wildman–Crippen LogP) is 3.96. The summed E-state index contributed by atoms with van der Waals surface area (Å²) in [5, 5.41) is 0.914. The SMILES string of the molecule is BrCCN(Cc1ccccc1)c1nc2ccccc2[nH]1. The van der Waals surface area contributed by atoms with E-state index in [0.29, 0.717) is 0 Å². The summed E-state index contributed by atoms with van der Waals surface area (Å²) >= 11 is 3.52. The first-order chi connectivity index (χ1) is 9.86. The Morgan fingerprint density at radius 1 is 1.00 bits per heavy atom. The van der Waals surface area contributed by atoms with Crippen molar-refractivity contribution < 1.29 is 0 Å². The summed E-state index contributed by atoms with van der Waals surface area (Å²) in [4.78, 5) is 10.3. The standard InChI is InChI=1S/C16H16BrN3/c17-10-11-20(12-13-6-2-1-3-7-13)16-18-14-8-4-5-9-15(14)19-16/h1-9H,10-12H2,(H,18,19). The molecule has 0 aliphatic carbocycles. The molecule has 4 heteroatoms. The lowest BCUT2D eigenvalue weighted by Gasteiger charge is -2.20. The van der Waals surface area contributed by atoms with E-state index in [9.17, 15) is 0 Å². The lowest BCUT2D eigenvalue weighted by atomic mass is 10.2. The molecular formula is C16H16BrN3. The Morgan fingerprint density at radius 3 is 2.50 bits per heavy atom. The average molecular weight is 330 g/mol. The molecule has 3 aromatic rings.